The van der Waals surface area contributed by atoms with Gasteiger partial charge in [-0.1, -0.05) is 12.1 Å². The summed E-state index contributed by atoms with van der Waals surface area (Å²) in [6, 6.07) is 11.7. The fourth-order valence-electron chi connectivity index (χ4n) is 3.68. The first kappa shape index (κ1) is 21.1. The first-order valence-corrected chi connectivity index (χ1v) is 10.4. The summed E-state index contributed by atoms with van der Waals surface area (Å²) in [6.45, 7) is 2.12. The van der Waals surface area contributed by atoms with Crippen LogP contribution in [0, 0.1) is 0 Å². The lowest BCUT2D eigenvalue weighted by Crippen LogP contribution is -2.19. The Labute approximate surface area is 193 Å². The van der Waals surface area contributed by atoms with E-state index >= 15 is 0 Å². The van der Waals surface area contributed by atoms with E-state index in [-0.39, 0.29) is 19.2 Å². The highest BCUT2D eigenvalue weighted by atomic mass is 16.7. The highest BCUT2D eigenvalue weighted by Gasteiger charge is 2.22. The molecule has 172 valence electrons. The van der Waals surface area contributed by atoms with Crippen molar-refractivity contribution >= 4 is 34.7 Å². The minimum atomic E-state index is -0.493. The molecule has 0 atom stereocenters. The average Bonchev–Trinajstić information content (AvgIpc) is 3.45. The monoisotopic (exact) mass is 460 g/mol. The number of amides is 2. The quantitative estimate of drug-likeness (QED) is 0.384. The Morgan fingerprint density at radius 3 is 2.62 bits per heavy atom. The summed E-state index contributed by atoms with van der Waals surface area (Å²) in [4.78, 5) is 29.1. The molecule has 0 bridgehead atoms. The molecule has 3 heterocycles. The molecule has 34 heavy (non-hydrogen) atoms. The van der Waals surface area contributed by atoms with Crippen LogP contribution in [-0.4, -0.2) is 40.0 Å². The molecule has 11 heteroatoms. The number of nitrogens with zero attached hydrogens (tertiary/aromatic N) is 3. The van der Waals surface area contributed by atoms with Gasteiger partial charge in [0.1, 0.15) is 11.8 Å². The Bertz CT molecular complexity index is 1400. The summed E-state index contributed by atoms with van der Waals surface area (Å²) in [5, 5.41) is 9.66. The maximum absolute atomic E-state index is 12.6. The summed E-state index contributed by atoms with van der Waals surface area (Å²) >= 11 is 0. The summed E-state index contributed by atoms with van der Waals surface area (Å²) in [5.41, 5.74) is 9.24. The predicted molar refractivity (Wildman–Crippen MR) is 124 cm³/mol. The lowest BCUT2D eigenvalue weighted by molar-refractivity contribution is 0.0527. The van der Waals surface area contributed by atoms with Crippen molar-refractivity contribution in [3.63, 3.8) is 0 Å². The number of anilines is 3. The highest BCUT2D eigenvalue weighted by Crippen LogP contribution is 2.35. The molecule has 4 aromatic rings. The number of carbonyl (C=O) groups is 2. The molecule has 2 aromatic heterocycles. The largest absolute Gasteiger partial charge is 0.462 e. The van der Waals surface area contributed by atoms with E-state index in [1.807, 2.05) is 0 Å². The minimum Gasteiger partial charge on any atom is -0.462 e. The van der Waals surface area contributed by atoms with E-state index in [1.54, 1.807) is 55.6 Å². The lowest BCUT2D eigenvalue weighted by atomic mass is 10.0. The van der Waals surface area contributed by atoms with Crippen LogP contribution in [0.1, 0.15) is 17.3 Å². The van der Waals surface area contributed by atoms with Gasteiger partial charge in [0.2, 0.25) is 6.79 Å². The molecule has 0 fully saturated rings. The van der Waals surface area contributed by atoms with Crippen LogP contribution in [-0.2, 0) is 4.74 Å². The number of fused-ring (bicyclic) bond motifs is 2. The van der Waals surface area contributed by atoms with Crippen molar-refractivity contribution in [1.82, 2.24) is 14.6 Å². The van der Waals surface area contributed by atoms with Gasteiger partial charge >= 0.3 is 12.0 Å². The maximum atomic E-state index is 12.6. The standard InChI is InChI=1S/C23H20N6O5/c1-2-32-22(30)16-10-29-20(21(24)25-11-26-29)19(16)13-3-5-14(6-4-13)27-23(31)28-15-7-8-17-18(9-15)34-12-33-17/h3-11H,2,12H2,1H3,(H2,24,25,26)(H2,27,28,31). The normalized spacial score (nSPS) is 11.9. The third-order valence-electron chi connectivity index (χ3n) is 5.16. The molecule has 0 aliphatic carbocycles. The third-order valence-corrected chi connectivity index (χ3v) is 5.16. The van der Waals surface area contributed by atoms with Gasteiger partial charge in [0.25, 0.3) is 0 Å². The van der Waals surface area contributed by atoms with E-state index in [1.165, 1.54) is 10.8 Å². The molecule has 0 radical (unpaired) electrons. The van der Waals surface area contributed by atoms with Crippen molar-refractivity contribution in [3.8, 4) is 22.6 Å². The molecule has 5 rings (SSSR count). The molecule has 1 aliphatic rings. The van der Waals surface area contributed by atoms with Crippen LogP contribution in [0.2, 0.25) is 0 Å². The van der Waals surface area contributed by atoms with Crippen LogP contribution in [0.25, 0.3) is 16.6 Å². The van der Waals surface area contributed by atoms with Crippen LogP contribution in [0.15, 0.2) is 55.0 Å². The number of rotatable bonds is 5. The molecular formula is C23H20N6O5. The Kier molecular flexibility index (Phi) is 5.34. The zero-order valence-electron chi connectivity index (χ0n) is 18.1. The van der Waals surface area contributed by atoms with Gasteiger partial charge in [-0.2, -0.15) is 5.10 Å². The van der Waals surface area contributed by atoms with Gasteiger partial charge in [-0.25, -0.2) is 19.1 Å². The van der Waals surface area contributed by atoms with Gasteiger partial charge in [-0.15, -0.1) is 0 Å². The van der Waals surface area contributed by atoms with E-state index in [0.29, 0.717) is 45.1 Å². The summed E-state index contributed by atoms with van der Waals surface area (Å²) in [5.74, 6) is 0.939. The molecule has 4 N–H and O–H groups in total. The Hall–Kier alpha value is -4.80. The number of carbonyl (C=O) groups excluding carboxylic acids is 2. The van der Waals surface area contributed by atoms with Gasteiger partial charge in [0.05, 0.1) is 12.2 Å². The maximum Gasteiger partial charge on any atom is 0.340 e. The zero-order valence-corrected chi connectivity index (χ0v) is 18.1. The number of nitrogens with two attached hydrogens (primary N) is 1. The van der Waals surface area contributed by atoms with Gasteiger partial charge in [-0.05, 0) is 36.8 Å². The third kappa shape index (κ3) is 3.90. The number of aromatic nitrogens is 3. The molecule has 2 amide bonds. The molecule has 2 aromatic carbocycles. The van der Waals surface area contributed by atoms with Crippen molar-refractivity contribution in [1.29, 1.82) is 0 Å². The second kappa shape index (κ2) is 8.62. The molecule has 0 saturated carbocycles. The summed E-state index contributed by atoms with van der Waals surface area (Å²) in [7, 11) is 0. The fraction of sp³-hybridized carbons (Fsp3) is 0.130. The van der Waals surface area contributed by atoms with E-state index in [0.717, 1.165) is 0 Å². The van der Waals surface area contributed by atoms with Crippen LogP contribution in [0.5, 0.6) is 11.5 Å². The van der Waals surface area contributed by atoms with Gasteiger partial charge in [0.15, 0.2) is 17.3 Å². The van der Waals surface area contributed by atoms with Crippen LogP contribution >= 0.6 is 0 Å². The molecule has 0 unspecified atom stereocenters. The summed E-state index contributed by atoms with van der Waals surface area (Å²) < 4.78 is 17.3. The van der Waals surface area contributed by atoms with Gasteiger partial charge in [-0.3, -0.25) is 0 Å². The number of ether oxygens (including phenoxy) is 3. The van der Waals surface area contributed by atoms with E-state index in [2.05, 4.69) is 20.7 Å². The molecule has 11 nitrogen and oxygen atoms in total. The second-order valence-corrected chi connectivity index (χ2v) is 7.30. The van der Waals surface area contributed by atoms with E-state index in [9.17, 15) is 9.59 Å². The Morgan fingerprint density at radius 2 is 1.82 bits per heavy atom. The topological polar surface area (TPSA) is 142 Å². The molecular weight excluding hydrogens is 440 g/mol. The Morgan fingerprint density at radius 1 is 1.09 bits per heavy atom. The smallest absolute Gasteiger partial charge is 0.340 e. The van der Waals surface area contributed by atoms with E-state index in [4.69, 9.17) is 19.9 Å². The number of benzene rings is 2. The predicted octanol–water partition coefficient (Wildman–Crippen LogP) is 3.53. The van der Waals surface area contributed by atoms with Gasteiger partial charge in [0, 0.05) is 29.2 Å². The molecule has 0 spiro atoms. The fourth-order valence-corrected chi connectivity index (χ4v) is 3.68. The number of nitrogens with one attached hydrogen (secondary N) is 2. The summed E-state index contributed by atoms with van der Waals surface area (Å²) in [6.07, 6.45) is 2.87. The van der Waals surface area contributed by atoms with Crippen LogP contribution < -0.4 is 25.8 Å². The number of hydrogen-bond donors (Lipinski definition) is 3. The Balaban J connectivity index is 1.38. The second-order valence-electron chi connectivity index (χ2n) is 7.30. The minimum absolute atomic E-state index is 0.157. The first-order chi connectivity index (χ1) is 16.5. The zero-order chi connectivity index (χ0) is 23.7. The number of urea groups is 1. The van der Waals surface area contributed by atoms with Crippen molar-refractivity contribution in [2.75, 3.05) is 29.8 Å². The van der Waals surface area contributed by atoms with Gasteiger partial charge < -0.3 is 30.6 Å². The number of nitrogen functional groups attached to an aromatic ring is 1. The van der Waals surface area contributed by atoms with Crippen molar-refractivity contribution in [2.45, 2.75) is 6.92 Å². The molecule has 0 saturated heterocycles. The average molecular weight is 460 g/mol. The van der Waals surface area contributed by atoms with Crippen molar-refractivity contribution in [2.24, 2.45) is 0 Å². The highest BCUT2D eigenvalue weighted by molar-refractivity contribution is 6.05. The van der Waals surface area contributed by atoms with Crippen LogP contribution in [0.3, 0.4) is 0 Å². The van der Waals surface area contributed by atoms with Crippen LogP contribution in [0.4, 0.5) is 22.0 Å². The SMILES string of the molecule is CCOC(=O)c1cn2ncnc(N)c2c1-c1ccc(NC(=O)Nc2ccc3c(c2)OCO3)cc1. The first-order valence-electron chi connectivity index (χ1n) is 10.4. The lowest BCUT2D eigenvalue weighted by Gasteiger charge is -2.10. The van der Waals surface area contributed by atoms with E-state index < -0.39 is 12.0 Å². The van der Waals surface area contributed by atoms with Crippen molar-refractivity contribution < 1.29 is 23.8 Å². The van der Waals surface area contributed by atoms with Crippen molar-refractivity contribution in [3.05, 3.63) is 60.6 Å². The number of hydrogen-bond acceptors (Lipinski definition) is 8. The number of esters is 1. The molecule has 1 aliphatic heterocycles.